The SMILES string of the molecule is COc1cc(OC)c(NC(=O)[C@@H]2CCCN(c3nccnc3Oc3ccc(C)cc3)C2)cc1Cl. The van der Waals surface area contributed by atoms with Crippen molar-refractivity contribution in [2.45, 2.75) is 19.8 Å². The molecular weight excluding hydrogens is 456 g/mol. The lowest BCUT2D eigenvalue weighted by atomic mass is 9.97. The molecule has 0 bridgehead atoms. The van der Waals surface area contributed by atoms with E-state index in [9.17, 15) is 4.79 Å². The molecule has 1 aromatic heterocycles. The fourth-order valence-corrected chi connectivity index (χ4v) is 4.14. The third kappa shape index (κ3) is 5.34. The largest absolute Gasteiger partial charge is 0.495 e. The number of carbonyl (C=O) groups excluding carboxylic acids is 1. The van der Waals surface area contributed by atoms with Crippen molar-refractivity contribution in [1.29, 1.82) is 0 Å². The average molecular weight is 483 g/mol. The second-order valence-corrected chi connectivity index (χ2v) is 8.47. The zero-order valence-electron chi connectivity index (χ0n) is 19.4. The second kappa shape index (κ2) is 10.6. The topological polar surface area (TPSA) is 85.8 Å². The number of rotatable bonds is 7. The van der Waals surface area contributed by atoms with Crippen molar-refractivity contribution in [2.24, 2.45) is 5.92 Å². The Balaban J connectivity index is 1.49. The summed E-state index contributed by atoms with van der Waals surface area (Å²) in [7, 11) is 3.06. The van der Waals surface area contributed by atoms with E-state index in [4.69, 9.17) is 25.8 Å². The van der Waals surface area contributed by atoms with Gasteiger partial charge in [0.2, 0.25) is 5.91 Å². The van der Waals surface area contributed by atoms with Crippen molar-refractivity contribution in [3.05, 3.63) is 59.4 Å². The number of aromatic nitrogens is 2. The Hall–Kier alpha value is -3.52. The highest BCUT2D eigenvalue weighted by Gasteiger charge is 2.29. The van der Waals surface area contributed by atoms with Gasteiger partial charge < -0.3 is 24.4 Å². The number of halogens is 1. The maximum Gasteiger partial charge on any atom is 0.263 e. The number of hydrogen-bond acceptors (Lipinski definition) is 7. The molecule has 1 amide bonds. The van der Waals surface area contributed by atoms with Gasteiger partial charge in [0.15, 0.2) is 5.82 Å². The number of aryl methyl sites for hydroxylation is 1. The summed E-state index contributed by atoms with van der Waals surface area (Å²) in [6.07, 6.45) is 4.81. The Labute approximate surface area is 203 Å². The first kappa shape index (κ1) is 23.6. The molecule has 0 spiro atoms. The number of piperidine rings is 1. The van der Waals surface area contributed by atoms with Crippen LogP contribution < -0.4 is 24.4 Å². The number of nitrogens with one attached hydrogen (secondary N) is 1. The van der Waals surface area contributed by atoms with Crippen molar-refractivity contribution in [3.63, 3.8) is 0 Å². The second-order valence-electron chi connectivity index (χ2n) is 8.06. The molecule has 9 heteroatoms. The molecule has 1 N–H and O–H groups in total. The fourth-order valence-electron chi connectivity index (χ4n) is 3.90. The van der Waals surface area contributed by atoms with Crippen molar-refractivity contribution in [1.82, 2.24) is 9.97 Å². The lowest BCUT2D eigenvalue weighted by Crippen LogP contribution is -2.41. The number of methoxy groups -OCH3 is 2. The Morgan fingerprint density at radius 3 is 2.56 bits per heavy atom. The molecule has 34 heavy (non-hydrogen) atoms. The van der Waals surface area contributed by atoms with Crippen LogP contribution in [-0.4, -0.2) is 43.2 Å². The first-order valence-corrected chi connectivity index (χ1v) is 11.4. The first-order valence-electron chi connectivity index (χ1n) is 11.0. The van der Waals surface area contributed by atoms with E-state index in [2.05, 4.69) is 15.3 Å². The molecular formula is C25H27ClN4O4. The van der Waals surface area contributed by atoms with E-state index < -0.39 is 0 Å². The van der Waals surface area contributed by atoms with Gasteiger partial charge in [-0.15, -0.1) is 0 Å². The first-order chi connectivity index (χ1) is 16.5. The number of hydrogen-bond donors (Lipinski definition) is 1. The summed E-state index contributed by atoms with van der Waals surface area (Å²) in [6, 6.07) is 11.0. The third-order valence-corrected chi connectivity index (χ3v) is 6.00. The normalized spacial score (nSPS) is 15.5. The van der Waals surface area contributed by atoms with Crippen LogP contribution in [0.2, 0.25) is 5.02 Å². The molecule has 4 rings (SSSR count). The Morgan fingerprint density at radius 1 is 1.09 bits per heavy atom. The number of ether oxygens (including phenoxy) is 3. The van der Waals surface area contributed by atoms with Crippen molar-refractivity contribution in [3.8, 4) is 23.1 Å². The summed E-state index contributed by atoms with van der Waals surface area (Å²) in [6.45, 7) is 3.26. The molecule has 0 saturated carbocycles. The molecule has 0 unspecified atom stereocenters. The molecule has 0 aliphatic carbocycles. The number of amides is 1. The predicted octanol–water partition coefficient (Wildman–Crippen LogP) is 5.10. The average Bonchev–Trinajstić information content (AvgIpc) is 2.86. The summed E-state index contributed by atoms with van der Waals surface area (Å²) < 4.78 is 16.6. The third-order valence-electron chi connectivity index (χ3n) is 5.71. The molecule has 8 nitrogen and oxygen atoms in total. The maximum absolute atomic E-state index is 13.2. The summed E-state index contributed by atoms with van der Waals surface area (Å²) >= 11 is 6.25. The molecule has 1 aliphatic heterocycles. The molecule has 0 radical (unpaired) electrons. The maximum atomic E-state index is 13.2. The van der Waals surface area contributed by atoms with Gasteiger partial charge in [0.25, 0.3) is 5.88 Å². The van der Waals surface area contributed by atoms with Crippen molar-refractivity contribution in [2.75, 3.05) is 37.5 Å². The summed E-state index contributed by atoms with van der Waals surface area (Å²) in [4.78, 5) is 24.1. The molecule has 2 heterocycles. The Morgan fingerprint density at radius 2 is 1.82 bits per heavy atom. The van der Waals surface area contributed by atoms with E-state index in [0.29, 0.717) is 46.2 Å². The molecule has 1 atom stereocenters. The zero-order valence-corrected chi connectivity index (χ0v) is 20.1. The van der Waals surface area contributed by atoms with Crippen LogP contribution in [0.4, 0.5) is 11.5 Å². The standard InChI is InChI=1S/C25H27ClN4O4/c1-16-6-8-18(9-7-16)34-25-23(27-10-11-28-25)30-12-4-5-17(15-30)24(31)29-20-13-19(26)21(32-2)14-22(20)33-3/h6-11,13-14,17H,4-5,12,15H2,1-3H3,(H,29,31)/t17-/m1/s1. The summed E-state index contributed by atoms with van der Waals surface area (Å²) in [5.74, 6) is 2.29. The number of benzene rings is 2. The van der Waals surface area contributed by atoms with E-state index >= 15 is 0 Å². The van der Waals surface area contributed by atoms with Gasteiger partial charge in [-0.1, -0.05) is 29.3 Å². The van der Waals surface area contributed by atoms with Crippen molar-refractivity contribution < 1.29 is 19.0 Å². The minimum Gasteiger partial charge on any atom is -0.495 e. The zero-order chi connectivity index (χ0) is 24.1. The molecule has 1 fully saturated rings. The quantitative estimate of drug-likeness (QED) is 0.501. The van der Waals surface area contributed by atoms with Crippen LogP contribution >= 0.6 is 11.6 Å². The molecule has 2 aromatic carbocycles. The highest BCUT2D eigenvalue weighted by molar-refractivity contribution is 6.32. The van der Waals surface area contributed by atoms with Gasteiger partial charge in [-0.05, 0) is 38.0 Å². The Kier molecular flexibility index (Phi) is 7.37. The van der Waals surface area contributed by atoms with Crippen LogP contribution in [0.3, 0.4) is 0 Å². The van der Waals surface area contributed by atoms with Crippen LogP contribution in [0.25, 0.3) is 0 Å². The van der Waals surface area contributed by atoms with Gasteiger partial charge in [-0.2, -0.15) is 0 Å². The lowest BCUT2D eigenvalue weighted by molar-refractivity contribution is -0.120. The van der Waals surface area contributed by atoms with E-state index in [0.717, 1.165) is 24.9 Å². The minimum absolute atomic E-state index is 0.117. The van der Waals surface area contributed by atoms with Crippen LogP contribution in [0.1, 0.15) is 18.4 Å². The number of anilines is 2. The highest BCUT2D eigenvalue weighted by atomic mass is 35.5. The van der Waals surface area contributed by atoms with Gasteiger partial charge in [0, 0.05) is 31.5 Å². The van der Waals surface area contributed by atoms with Gasteiger partial charge >= 0.3 is 0 Å². The molecule has 1 aliphatic rings. The van der Waals surface area contributed by atoms with Crippen molar-refractivity contribution >= 4 is 29.0 Å². The van der Waals surface area contributed by atoms with Gasteiger partial charge in [-0.25, -0.2) is 9.97 Å². The van der Waals surface area contributed by atoms with Gasteiger partial charge in [0.1, 0.15) is 17.2 Å². The smallest absolute Gasteiger partial charge is 0.263 e. The summed E-state index contributed by atoms with van der Waals surface area (Å²) in [5, 5.41) is 3.35. The number of nitrogens with zero attached hydrogens (tertiary/aromatic N) is 3. The number of carbonyl (C=O) groups is 1. The van der Waals surface area contributed by atoms with Crippen LogP contribution in [-0.2, 0) is 4.79 Å². The predicted molar refractivity (Wildman–Crippen MR) is 131 cm³/mol. The molecule has 178 valence electrons. The van der Waals surface area contributed by atoms with Gasteiger partial charge in [-0.3, -0.25) is 4.79 Å². The minimum atomic E-state index is -0.256. The molecule has 3 aromatic rings. The Bertz CT molecular complexity index is 1160. The van der Waals surface area contributed by atoms with Gasteiger partial charge in [0.05, 0.1) is 30.8 Å². The van der Waals surface area contributed by atoms with E-state index in [1.807, 2.05) is 36.1 Å². The van der Waals surface area contributed by atoms with E-state index in [1.165, 1.54) is 14.2 Å². The van der Waals surface area contributed by atoms with Crippen LogP contribution in [0.5, 0.6) is 23.1 Å². The summed E-state index contributed by atoms with van der Waals surface area (Å²) in [5.41, 5.74) is 1.64. The van der Waals surface area contributed by atoms with Crippen LogP contribution in [0.15, 0.2) is 48.8 Å². The van der Waals surface area contributed by atoms with E-state index in [-0.39, 0.29) is 11.8 Å². The fraction of sp³-hybridized carbons (Fsp3) is 0.320. The lowest BCUT2D eigenvalue weighted by Gasteiger charge is -2.33. The highest BCUT2D eigenvalue weighted by Crippen LogP contribution is 2.37. The van der Waals surface area contributed by atoms with Crippen LogP contribution in [0, 0.1) is 12.8 Å². The monoisotopic (exact) mass is 482 g/mol. The molecule has 1 saturated heterocycles. The van der Waals surface area contributed by atoms with E-state index in [1.54, 1.807) is 24.5 Å².